The van der Waals surface area contributed by atoms with Crippen LogP contribution in [-0.2, 0) is 12.5 Å². The van der Waals surface area contributed by atoms with Gasteiger partial charge in [0.05, 0.1) is 5.56 Å². The molecule has 2 nitrogen and oxygen atoms in total. The largest absolute Gasteiger partial charge is 0.455 e. The van der Waals surface area contributed by atoms with Crippen molar-refractivity contribution in [2.45, 2.75) is 72.6 Å². The van der Waals surface area contributed by atoms with E-state index in [4.69, 9.17) is 4.42 Å². The molecular weight excluding hydrogens is 474 g/mol. The second kappa shape index (κ2) is 9.37. The highest BCUT2D eigenvalue weighted by Gasteiger charge is 2.44. The van der Waals surface area contributed by atoms with Crippen LogP contribution in [0, 0.1) is 18.8 Å². The maximum atomic E-state index is 6.83. The highest BCUT2D eigenvalue weighted by molar-refractivity contribution is 6.11. The lowest BCUT2D eigenvalue weighted by Gasteiger charge is -2.35. The number of hydrogen-bond donors (Lipinski definition) is 0. The number of hydrogen-bond acceptors (Lipinski definition) is 1. The molecule has 5 aromatic rings. The molecule has 0 spiro atoms. The fourth-order valence-corrected chi connectivity index (χ4v) is 7.31. The quantitative estimate of drug-likeness (QED) is 0.205. The van der Waals surface area contributed by atoms with Crippen molar-refractivity contribution in [1.29, 1.82) is 0 Å². The highest BCUT2D eigenvalue weighted by atomic mass is 16.3. The van der Waals surface area contributed by atoms with Gasteiger partial charge in [-0.3, -0.25) is 0 Å². The van der Waals surface area contributed by atoms with Crippen molar-refractivity contribution in [1.82, 2.24) is 0 Å². The molecule has 39 heavy (non-hydrogen) atoms. The third kappa shape index (κ3) is 4.03. The van der Waals surface area contributed by atoms with E-state index in [1.807, 2.05) is 0 Å². The second-order valence-corrected chi connectivity index (χ2v) is 13.1. The second-order valence-electron chi connectivity index (χ2n) is 13.1. The Balaban J connectivity index is 1.66. The van der Waals surface area contributed by atoms with Gasteiger partial charge in [-0.25, -0.2) is 4.57 Å². The Morgan fingerprint density at radius 1 is 0.769 bits per heavy atom. The summed E-state index contributed by atoms with van der Waals surface area (Å²) in [6.07, 6.45) is 4.49. The monoisotopic (exact) mass is 516 g/mol. The van der Waals surface area contributed by atoms with E-state index >= 15 is 0 Å². The molecule has 1 aliphatic rings. The predicted molar refractivity (Wildman–Crippen MR) is 164 cm³/mol. The molecule has 0 amide bonds. The van der Waals surface area contributed by atoms with Gasteiger partial charge in [0.25, 0.3) is 0 Å². The maximum Gasteiger partial charge on any atom is 0.216 e. The summed E-state index contributed by atoms with van der Waals surface area (Å²) in [5, 5.41) is 2.44. The molecule has 0 fully saturated rings. The number of aromatic nitrogens is 1. The van der Waals surface area contributed by atoms with E-state index in [0.717, 1.165) is 24.0 Å². The molecule has 0 atom stereocenters. The summed E-state index contributed by atoms with van der Waals surface area (Å²) >= 11 is 0. The van der Waals surface area contributed by atoms with Crippen LogP contribution in [0.5, 0.6) is 0 Å². The molecule has 6 rings (SSSR count). The summed E-state index contributed by atoms with van der Waals surface area (Å²) in [5.74, 6) is 1.67. The third-order valence-corrected chi connectivity index (χ3v) is 8.85. The summed E-state index contributed by atoms with van der Waals surface area (Å²) in [7, 11) is 2.14. The Labute approximate surface area is 233 Å². The molecule has 0 unspecified atom stereocenters. The van der Waals surface area contributed by atoms with Crippen molar-refractivity contribution >= 4 is 21.9 Å². The number of furan rings is 1. The number of aryl methyl sites for hydroxylation is 2. The Hall–Kier alpha value is -3.39. The fourth-order valence-electron chi connectivity index (χ4n) is 7.31. The van der Waals surface area contributed by atoms with Crippen LogP contribution in [0.15, 0.2) is 71.3 Å². The zero-order chi connectivity index (χ0) is 27.6. The summed E-state index contributed by atoms with van der Waals surface area (Å²) in [5.41, 5.74) is 12.7. The van der Waals surface area contributed by atoms with Crippen LogP contribution < -0.4 is 4.57 Å². The van der Waals surface area contributed by atoms with Crippen LogP contribution >= 0.6 is 0 Å². The number of fused-ring (bicyclic) bond motifs is 6. The SMILES string of the molecule is Cc1ccc2c(oc3cc4c(cc32)C(CC(C)C)(CC(C)C)c2ccccc2-4)c1-c1cc(C(C)C)cc[n+]1C. The van der Waals surface area contributed by atoms with Gasteiger partial charge in [0.15, 0.2) is 6.20 Å². The number of nitrogens with zero attached hydrogens (tertiary/aromatic N) is 1. The van der Waals surface area contributed by atoms with E-state index in [1.54, 1.807) is 0 Å². The summed E-state index contributed by atoms with van der Waals surface area (Å²) in [6.45, 7) is 16.2. The minimum atomic E-state index is 0.0254. The molecule has 2 heterocycles. The first-order chi connectivity index (χ1) is 18.6. The standard InChI is InChI=1S/C37H42NO/c1-22(2)20-37(21-23(3)4)31-12-10-9-11-27(31)29-19-34-30(18-32(29)37)28-14-13-25(7)35(36(28)39-34)33-17-26(24(5)6)15-16-38(33)8/h9-19,22-24H,20-21H2,1-8H3/q+1. The van der Waals surface area contributed by atoms with Crippen molar-refractivity contribution in [3.63, 3.8) is 0 Å². The first-order valence-electron chi connectivity index (χ1n) is 14.7. The number of rotatable bonds is 6. The molecule has 0 aliphatic heterocycles. The van der Waals surface area contributed by atoms with Crippen molar-refractivity contribution in [3.05, 3.63) is 89.1 Å². The van der Waals surface area contributed by atoms with Gasteiger partial charge in [0.1, 0.15) is 18.2 Å². The summed E-state index contributed by atoms with van der Waals surface area (Å²) < 4.78 is 9.06. The van der Waals surface area contributed by atoms with Crippen LogP contribution in [-0.4, -0.2) is 0 Å². The van der Waals surface area contributed by atoms with Crippen molar-refractivity contribution in [3.8, 4) is 22.4 Å². The van der Waals surface area contributed by atoms with E-state index in [0.29, 0.717) is 17.8 Å². The van der Waals surface area contributed by atoms with Gasteiger partial charge in [-0.05, 0) is 83.0 Å². The Bertz CT molecular complexity index is 1710. The van der Waals surface area contributed by atoms with Gasteiger partial charge in [-0.15, -0.1) is 0 Å². The minimum Gasteiger partial charge on any atom is -0.455 e. The van der Waals surface area contributed by atoms with Crippen LogP contribution in [0.25, 0.3) is 44.3 Å². The Morgan fingerprint density at radius 3 is 2.18 bits per heavy atom. The maximum absolute atomic E-state index is 6.83. The molecule has 2 aromatic heterocycles. The lowest BCUT2D eigenvalue weighted by atomic mass is 9.68. The van der Waals surface area contributed by atoms with E-state index in [2.05, 4.69) is 127 Å². The topological polar surface area (TPSA) is 17.0 Å². The van der Waals surface area contributed by atoms with Gasteiger partial charge >= 0.3 is 0 Å². The predicted octanol–water partition coefficient (Wildman–Crippen LogP) is 9.87. The Kier molecular flexibility index (Phi) is 6.21. The zero-order valence-corrected chi connectivity index (χ0v) is 24.9. The minimum absolute atomic E-state index is 0.0254. The Morgan fingerprint density at radius 2 is 1.49 bits per heavy atom. The first-order valence-corrected chi connectivity index (χ1v) is 14.7. The van der Waals surface area contributed by atoms with Crippen LogP contribution in [0.1, 0.15) is 82.6 Å². The van der Waals surface area contributed by atoms with E-state index in [1.165, 1.54) is 55.4 Å². The van der Waals surface area contributed by atoms with Gasteiger partial charge in [0.2, 0.25) is 5.69 Å². The fraction of sp³-hybridized carbons (Fsp3) is 0.378. The summed E-state index contributed by atoms with van der Waals surface area (Å²) in [6, 6.07) is 23.1. The lowest BCUT2D eigenvalue weighted by Crippen LogP contribution is -2.31. The smallest absolute Gasteiger partial charge is 0.216 e. The average Bonchev–Trinajstić information content (AvgIpc) is 3.36. The average molecular weight is 517 g/mol. The van der Waals surface area contributed by atoms with Crippen LogP contribution in [0.2, 0.25) is 0 Å². The van der Waals surface area contributed by atoms with Crippen LogP contribution in [0.3, 0.4) is 0 Å². The number of benzene rings is 3. The molecule has 200 valence electrons. The van der Waals surface area contributed by atoms with E-state index in [9.17, 15) is 0 Å². The molecule has 0 N–H and O–H groups in total. The molecule has 0 saturated carbocycles. The van der Waals surface area contributed by atoms with E-state index < -0.39 is 0 Å². The van der Waals surface area contributed by atoms with Crippen molar-refractivity contribution in [2.75, 3.05) is 0 Å². The van der Waals surface area contributed by atoms with Gasteiger partial charge in [-0.1, -0.05) is 77.9 Å². The summed E-state index contributed by atoms with van der Waals surface area (Å²) in [4.78, 5) is 0. The molecular formula is C37H42NO+. The molecule has 0 bridgehead atoms. The highest BCUT2D eigenvalue weighted by Crippen LogP contribution is 2.56. The molecule has 1 aliphatic carbocycles. The number of pyridine rings is 1. The molecule has 0 saturated heterocycles. The molecule has 0 radical (unpaired) electrons. The van der Waals surface area contributed by atoms with E-state index in [-0.39, 0.29) is 5.41 Å². The zero-order valence-electron chi connectivity index (χ0n) is 24.9. The van der Waals surface area contributed by atoms with Crippen molar-refractivity contribution in [2.24, 2.45) is 18.9 Å². The third-order valence-electron chi connectivity index (χ3n) is 8.85. The lowest BCUT2D eigenvalue weighted by molar-refractivity contribution is -0.660. The van der Waals surface area contributed by atoms with Gasteiger partial charge < -0.3 is 4.42 Å². The van der Waals surface area contributed by atoms with Gasteiger partial charge in [-0.2, -0.15) is 0 Å². The normalized spacial score (nSPS) is 14.2. The molecule has 3 aromatic carbocycles. The van der Waals surface area contributed by atoms with Crippen LogP contribution in [0.4, 0.5) is 0 Å². The molecule has 2 heteroatoms. The van der Waals surface area contributed by atoms with Gasteiger partial charge in [0, 0.05) is 28.3 Å². The van der Waals surface area contributed by atoms with Crippen molar-refractivity contribution < 1.29 is 8.98 Å². The first kappa shape index (κ1) is 25.9.